The van der Waals surface area contributed by atoms with Gasteiger partial charge in [0.05, 0.1) is 5.69 Å². The van der Waals surface area contributed by atoms with Gasteiger partial charge in [0.25, 0.3) is 5.91 Å². The zero-order chi connectivity index (χ0) is 25.3. The van der Waals surface area contributed by atoms with Gasteiger partial charge in [0.2, 0.25) is 11.8 Å². The molecule has 1 fully saturated rings. The van der Waals surface area contributed by atoms with Crippen LogP contribution in [0.1, 0.15) is 12.5 Å². The van der Waals surface area contributed by atoms with Crippen molar-refractivity contribution in [2.24, 2.45) is 0 Å². The van der Waals surface area contributed by atoms with Crippen molar-refractivity contribution in [1.82, 2.24) is 9.97 Å². The molecule has 182 valence electrons. The van der Waals surface area contributed by atoms with Gasteiger partial charge in [-0.3, -0.25) is 9.69 Å². The van der Waals surface area contributed by atoms with Crippen molar-refractivity contribution in [3.63, 3.8) is 0 Å². The summed E-state index contributed by atoms with van der Waals surface area (Å²) in [6.45, 7) is 1.37. The first kappa shape index (κ1) is 23.7. The Morgan fingerprint density at radius 1 is 1.06 bits per heavy atom. The largest absolute Gasteiger partial charge is 0.573 e. The number of halogens is 4. The number of hydrogen-bond donors (Lipinski definition) is 1. The van der Waals surface area contributed by atoms with Crippen molar-refractivity contribution in [2.75, 3.05) is 22.1 Å². The van der Waals surface area contributed by atoms with Crippen LogP contribution in [-0.2, 0) is 11.2 Å². The second-order valence-corrected chi connectivity index (χ2v) is 7.26. The third kappa shape index (κ3) is 5.08. The predicted octanol–water partition coefficient (Wildman–Crippen LogP) is 4.42. The molecule has 3 aromatic rings. The maximum atomic E-state index is 13.8. The minimum absolute atomic E-state index is 0.0232. The smallest absolute Gasteiger partial charge is 0.439 e. The van der Waals surface area contributed by atoms with E-state index in [1.165, 1.54) is 18.3 Å². The van der Waals surface area contributed by atoms with Crippen LogP contribution in [0.4, 0.5) is 39.7 Å². The third-order valence-corrected chi connectivity index (χ3v) is 4.96. The van der Waals surface area contributed by atoms with Crippen molar-refractivity contribution in [2.45, 2.75) is 19.7 Å². The zero-order valence-electron chi connectivity index (χ0n) is 18.0. The van der Waals surface area contributed by atoms with E-state index < -0.39 is 36.4 Å². The van der Waals surface area contributed by atoms with Crippen LogP contribution in [0.3, 0.4) is 0 Å². The number of nitrogens with zero attached hydrogens (tertiary/aromatic N) is 4. The first-order valence-electron chi connectivity index (χ1n) is 10.1. The lowest BCUT2D eigenvalue weighted by Crippen LogP contribution is -2.33. The fraction of sp³-hybridized carbons (Fsp3) is 0.182. The highest BCUT2D eigenvalue weighted by Crippen LogP contribution is 2.34. The SMILES string of the molecule is CCc1cc(N2C(=O)CN(c3ccc(F)c(OC(F)(F)F)c3)C2=O)ccc1Oc1ccnc(N)n1. The number of nitrogen functional groups attached to an aromatic ring is 1. The standard InChI is InChI=1S/C22H17F4N5O4/c1-2-12-9-14(4-6-16(12)34-18-7-8-28-20(27)29-18)31-19(32)11-30(21(31)33)13-3-5-15(23)17(10-13)35-22(24,25)26/h3-10H,2,11H2,1H3,(H2,27,28,29). The fourth-order valence-corrected chi connectivity index (χ4v) is 3.43. The lowest BCUT2D eigenvalue weighted by molar-refractivity contribution is -0.275. The van der Waals surface area contributed by atoms with Gasteiger partial charge in [0.15, 0.2) is 11.6 Å². The summed E-state index contributed by atoms with van der Waals surface area (Å²) in [4.78, 5) is 35.2. The van der Waals surface area contributed by atoms with Crippen LogP contribution in [0.2, 0.25) is 0 Å². The minimum Gasteiger partial charge on any atom is -0.439 e. The first-order valence-corrected chi connectivity index (χ1v) is 10.1. The monoisotopic (exact) mass is 491 g/mol. The molecule has 9 nitrogen and oxygen atoms in total. The van der Waals surface area contributed by atoms with Crippen molar-refractivity contribution < 1.29 is 36.6 Å². The second kappa shape index (κ2) is 9.08. The van der Waals surface area contributed by atoms with Gasteiger partial charge in [-0.15, -0.1) is 13.2 Å². The normalized spacial score (nSPS) is 14.0. The number of urea groups is 1. The van der Waals surface area contributed by atoms with Gasteiger partial charge in [0.1, 0.15) is 12.3 Å². The Balaban J connectivity index is 1.60. The average Bonchev–Trinajstić information content (AvgIpc) is 3.08. The van der Waals surface area contributed by atoms with Crippen LogP contribution < -0.4 is 25.0 Å². The van der Waals surface area contributed by atoms with E-state index in [1.54, 1.807) is 12.1 Å². The molecular weight excluding hydrogens is 474 g/mol. The Labute approximate surface area is 195 Å². The van der Waals surface area contributed by atoms with Crippen LogP contribution >= 0.6 is 0 Å². The number of nitrogens with two attached hydrogens (primary N) is 1. The number of amides is 3. The summed E-state index contributed by atoms with van der Waals surface area (Å²) in [6, 6.07) is 7.78. The van der Waals surface area contributed by atoms with Gasteiger partial charge in [-0.05, 0) is 42.3 Å². The van der Waals surface area contributed by atoms with Crippen LogP contribution in [0.25, 0.3) is 0 Å². The fourth-order valence-electron chi connectivity index (χ4n) is 3.43. The Kier molecular flexibility index (Phi) is 6.16. The molecule has 1 saturated heterocycles. The summed E-state index contributed by atoms with van der Waals surface area (Å²) in [7, 11) is 0. The summed E-state index contributed by atoms with van der Waals surface area (Å²) >= 11 is 0. The molecule has 0 radical (unpaired) electrons. The van der Waals surface area contributed by atoms with Crippen molar-refractivity contribution in [3.05, 3.63) is 60.0 Å². The van der Waals surface area contributed by atoms with Gasteiger partial charge < -0.3 is 15.2 Å². The number of rotatable bonds is 6. The second-order valence-electron chi connectivity index (χ2n) is 7.26. The van der Waals surface area contributed by atoms with E-state index in [9.17, 15) is 27.2 Å². The Bertz CT molecular complexity index is 1300. The van der Waals surface area contributed by atoms with E-state index in [0.717, 1.165) is 21.9 Å². The number of imide groups is 1. The Morgan fingerprint density at radius 2 is 1.80 bits per heavy atom. The summed E-state index contributed by atoms with van der Waals surface area (Å²) in [6.07, 6.45) is -3.23. The average molecular weight is 491 g/mol. The van der Waals surface area contributed by atoms with Gasteiger partial charge in [-0.2, -0.15) is 4.98 Å². The molecule has 0 unspecified atom stereocenters. The number of carbonyl (C=O) groups is 2. The Morgan fingerprint density at radius 3 is 2.49 bits per heavy atom. The maximum absolute atomic E-state index is 13.8. The zero-order valence-corrected chi connectivity index (χ0v) is 18.0. The molecule has 0 aliphatic carbocycles. The van der Waals surface area contributed by atoms with Crippen LogP contribution in [0.5, 0.6) is 17.4 Å². The van der Waals surface area contributed by atoms with E-state index in [1.807, 2.05) is 6.92 Å². The first-order chi connectivity index (χ1) is 16.6. The number of aryl methyl sites for hydroxylation is 1. The number of ether oxygens (including phenoxy) is 2. The summed E-state index contributed by atoms with van der Waals surface area (Å²) in [5, 5.41) is 0. The van der Waals surface area contributed by atoms with Crippen LogP contribution in [0.15, 0.2) is 48.7 Å². The number of hydrogen-bond acceptors (Lipinski definition) is 7. The van der Waals surface area contributed by atoms with Gasteiger partial charge >= 0.3 is 12.4 Å². The highest BCUT2D eigenvalue weighted by atomic mass is 19.4. The number of anilines is 3. The number of aromatic nitrogens is 2. The minimum atomic E-state index is -5.13. The highest BCUT2D eigenvalue weighted by molar-refractivity contribution is 6.27. The summed E-state index contributed by atoms with van der Waals surface area (Å²) in [5.41, 5.74) is 6.29. The summed E-state index contributed by atoms with van der Waals surface area (Å²) in [5.74, 6) is -2.37. The molecule has 1 aromatic heterocycles. The third-order valence-electron chi connectivity index (χ3n) is 4.96. The van der Waals surface area contributed by atoms with Crippen molar-refractivity contribution in [1.29, 1.82) is 0 Å². The lowest BCUT2D eigenvalue weighted by atomic mass is 10.1. The molecule has 4 rings (SSSR count). The summed E-state index contributed by atoms with van der Waals surface area (Å²) < 4.78 is 60.8. The molecule has 2 heterocycles. The molecule has 1 aliphatic rings. The molecular formula is C22H17F4N5O4. The highest BCUT2D eigenvalue weighted by Gasteiger charge is 2.39. The molecule has 3 amide bonds. The Hall–Kier alpha value is -4.42. The molecule has 35 heavy (non-hydrogen) atoms. The van der Waals surface area contributed by atoms with Crippen LogP contribution in [0, 0.1) is 5.82 Å². The van der Waals surface area contributed by atoms with E-state index in [4.69, 9.17) is 10.5 Å². The van der Waals surface area contributed by atoms with E-state index >= 15 is 0 Å². The van der Waals surface area contributed by atoms with Gasteiger partial charge in [0, 0.05) is 24.0 Å². The van der Waals surface area contributed by atoms with E-state index in [2.05, 4.69) is 14.7 Å². The molecule has 0 atom stereocenters. The molecule has 0 spiro atoms. The molecule has 13 heteroatoms. The number of carbonyl (C=O) groups excluding carboxylic acids is 2. The van der Waals surface area contributed by atoms with E-state index in [-0.39, 0.29) is 23.2 Å². The number of benzene rings is 2. The predicted molar refractivity (Wildman–Crippen MR) is 116 cm³/mol. The van der Waals surface area contributed by atoms with Gasteiger partial charge in [-0.1, -0.05) is 6.92 Å². The number of alkyl halides is 3. The van der Waals surface area contributed by atoms with Crippen LogP contribution in [-0.4, -0.2) is 34.8 Å². The van der Waals surface area contributed by atoms with Crippen molar-refractivity contribution >= 4 is 29.3 Å². The molecule has 0 saturated carbocycles. The molecule has 0 bridgehead atoms. The quantitative estimate of drug-likeness (QED) is 0.401. The van der Waals surface area contributed by atoms with Crippen molar-refractivity contribution in [3.8, 4) is 17.4 Å². The van der Waals surface area contributed by atoms with Gasteiger partial charge in [-0.25, -0.2) is 19.1 Å². The molecule has 2 aromatic carbocycles. The molecule has 2 N–H and O–H groups in total. The lowest BCUT2D eigenvalue weighted by Gasteiger charge is -2.19. The maximum Gasteiger partial charge on any atom is 0.573 e. The molecule has 1 aliphatic heterocycles. The topological polar surface area (TPSA) is 111 Å². The van der Waals surface area contributed by atoms with E-state index in [0.29, 0.717) is 23.8 Å².